The third-order valence-corrected chi connectivity index (χ3v) is 7.42. The zero-order chi connectivity index (χ0) is 31.1. The molecule has 0 aromatic heterocycles. The zero-order valence-electron chi connectivity index (χ0n) is 22.0. The Labute approximate surface area is 256 Å². The fraction of sp³-hybridized carbons (Fsp3) is 0.259. The number of piperazine rings is 1. The van der Waals surface area contributed by atoms with Gasteiger partial charge in [-0.15, -0.1) is 0 Å². The second kappa shape index (κ2) is 18.4. The molecule has 41 heavy (non-hydrogen) atoms. The largest absolute Gasteiger partial charge is 0.478 e. The first kappa shape index (κ1) is 36.0. The van der Waals surface area contributed by atoms with E-state index >= 15 is 0 Å². The molecule has 1 aliphatic heterocycles. The van der Waals surface area contributed by atoms with Crippen LogP contribution >= 0.6 is 46.6 Å². The molecule has 1 atom stereocenters. The van der Waals surface area contributed by atoms with Crippen molar-refractivity contribution < 1.29 is 39.6 Å². The molecule has 1 fully saturated rings. The van der Waals surface area contributed by atoms with Gasteiger partial charge in [0.05, 0.1) is 10.0 Å². The smallest absolute Gasteiger partial charge is 0.328 e. The Bertz CT molecular complexity index is 1220. The molecule has 3 rings (SSSR count). The van der Waals surface area contributed by atoms with Gasteiger partial charge in [-0.05, 0) is 55.9 Å². The van der Waals surface area contributed by atoms with Gasteiger partial charge < -0.3 is 25.3 Å². The maximum Gasteiger partial charge on any atom is 0.328 e. The van der Waals surface area contributed by atoms with Crippen LogP contribution in [0.4, 0.5) is 0 Å². The van der Waals surface area contributed by atoms with Gasteiger partial charge in [0, 0.05) is 71.3 Å². The average Bonchev–Trinajstić information content (AvgIpc) is 2.90. The molecule has 1 saturated heterocycles. The quantitative estimate of drug-likeness (QED) is 0.267. The van der Waals surface area contributed by atoms with Crippen molar-refractivity contribution >= 4 is 70.4 Å². The van der Waals surface area contributed by atoms with E-state index in [1.807, 2.05) is 24.3 Å². The lowest BCUT2D eigenvalue weighted by atomic mass is 10.1. The number of nitrogens with zero attached hydrogens (tertiary/aromatic N) is 2. The number of hydrogen-bond donors (Lipinski definition) is 4. The van der Waals surface area contributed by atoms with Gasteiger partial charge in [0.15, 0.2) is 0 Å². The molecule has 4 N–H and O–H groups in total. The van der Waals surface area contributed by atoms with E-state index in [0.717, 1.165) is 36.1 Å². The maximum absolute atomic E-state index is 9.55. The van der Waals surface area contributed by atoms with Crippen molar-refractivity contribution in [2.75, 3.05) is 33.2 Å². The summed E-state index contributed by atoms with van der Waals surface area (Å²) in [4.78, 5) is 45.4. The highest BCUT2D eigenvalue weighted by Crippen LogP contribution is 2.38. The van der Waals surface area contributed by atoms with E-state index in [0.29, 0.717) is 40.4 Å². The standard InChI is InChI=1S/C19H21Cl3N2S.2C4H4O4/c1-13(24-9-7-23(2)8-10-24)16-11-14(20)3-6-19(16)25-15-4-5-17(21)18(22)12-15;2*5-3(6)1-2-4(7)8/h3-6,11-13H,7-10H2,1-2H3;2*1-2H,(H,5,6)(H,7,8)/b;2*2-1+. The van der Waals surface area contributed by atoms with Crippen molar-refractivity contribution in [1.82, 2.24) is 9.80 Å². The SMILES string of the molecule is CC(c1cc(Cl)ccc1Sc1ccc(Cl)c(Cl)c1)N1CCN(C)CC1.O=C(O)/C=C/C(=O)O.O=C(O)/C=C/C(=O)O. The third kappa shape index (κ3) is 14.9. The molecular formula is C27H29Cl3N2O8S. The molecule has 222 valence electrons. The third-order valence-electron chi connectivity index (χ3n) is 5.36. The first-order valence-corrected chi connectivity index (χ1v) is 13.8. The highest BCUT2D eigenvalue weighted by atomic mass is 35.5. The highest BCUT2D eigenvalue weighted by Gasteiger charge is 2.23. The van der Waals surface area contributed by atoms with Crippen LogP contribution in [0.15, 0.2) is 70.5 Å². The molecule has 2 aromatic carbocycles. The Morgan fingerprint density at radius 1 is 0.756 bits per heavy atom. The molecule has 14 heteroatoms. The van der Waals surface area contributed by atoms with Crippen molar-refractivity contribution in [3.05, 3.63) is 81.3 Å². The van der Waals surface area contributed by atoms with Crippen molar-refractivity contribution in [1.29, 1.82) is 0 Å². The zero-order valence-corrected chi connectivity index (χ0v) is 25.1. The van der Waals surface area contributed by atoms with Crippen LogP contribution in [0.25, 0.3) is 0 Å². The molecule has 0 bridgehead atoms. The van der Waals surface area contributed by atoms with Gasteiger partial charge in [-0.25, -0.2) is 19.2 Å². The topological polar surface area (TPSA) is 156 Å². The average molecular weight is 648 g/mol. The number of rotatable bonds is 8. The van der Waals surface area contributed by atoms with Crippen molar-refractivity contribution in [3.63, 3.8) is 0 Å². The second-order valence-corrected chi connectivity index (χ2v) is 10.8. The van der Waals surface area contributed by atoms with Gasteiger partial charge in [0.2, 0.25) is 0 Å². The molecule has 2 aromatic rings. The number of benzene rings is 2. The molecular weight excluding hydrogens is 619 g/mol. The Kier molecular flexibility index (Phi) is 16.1. The summed E-state index contributed by atoms with van der Waals surface area (Å²) in [5, 5.41) is 33.2. The molecule has 1 heterocycles. The van der Waals surface area contributed by atoms with E-state index in [2.05, 4.69) is 35.9 Å². The van der Waals surface area contributed by atoms with Gasteiger partial charge >= 0.3 is 23.9 Å². The van der Waals surface area contributed by atoms with Crippen LogP contribution in [0.1, 0.15) is 18.5 Å². The monoisotopic (exact) mass is 646 g/mol. The summed E-state index contributed by atoms with van der Waals surface area (Å²) in [5.41, 5.74) is 1.26. The summed E-state index contributed by atoms with van der Waals surface area (Å²) in [6.45, 7) is 6.60. The predicted molar refractivity (Wildman–Crippen MR) is 158 cm³/mol. The number of carboxylic acids is 4. The van der Waals surface area contributed by atoms with Gasteiger partial charge in [0.1, 0.15) is 0 Å². The molecule has 0 amide bonds. The lowest BCUT2D eigenvalue weighted by Crippen LogP contribution is -2.45. The first-order chi connectivity index (χ1) is 19.2. The van der Waals surface area contributed by atoms with E-state index in [1.165, 1.54) is 10.5 Å². The van der Waals surface area contributed by atoms with E-state index in [4.69, 9.17) is 55.2 Å². The Balaban J connectivity index is 0.000000433. The Hall–Kier alpha value is -3.06. The van der Waals surface area contributed by atoms with Gasteiger partial charge in [-0.1, -0.05) is 46.6 Å². The van der Waals surface area contributed by atoms with Crippen molar-refractivity contribution in [3.8, 4) is 0 Å². The van der Waals surface area contributed by atoms with E-state index in [-0.39, 0.29) is 0 Å². The van der Waals surface area contributed by atoms with E-state index in [1.54, 1.807) is 11.8 Å². The number of likely N-dealkylation sites (N-methyl/N-ethyl adjacent to an activating group) is 1. The van der Waals surface area contributed by atoms with Crippen LogP contribution in [0.5, 0.6) is 0 Å². The van der Waals surface area contributed by atoms with Crippen LogP contribution < -0.4 is 0 Å². The summed E-state index contributed by atoms with van der Waals surface area (Å²) in [6, 6.07) is 12.2. The fourth-order valence-electron chi connectivity index (χ4n) is 3.30. The van der Waals surface area contributed by atoms with E-state index in [9.17, 15) is 19.2 Å². The summed E-state index contributed by atoms with van der Waals surface area (Å²) < 4.78 is 0. The van der Waals surface area contributed by atoms with E-state index < -0.39 is 23.9 Å². The van der Waals surface area contributed by atoms with Crippen LogP contribution in [0, 0.1) is 0 Å². The molecule has 0 saturated carbocycles. The van der Waals surface area contributed by atoms with Gasteiger partial charge in [-0.2, -0.15) is 0 Å². The predicted octanol–water partition coefficient (Wildman–Crippen LogP) is 5.53. The minimum atomic E-state index is -1.26. The maximum atomic E-state index is 9.55. The summed E-state index contributed by atoms with van der Waals surface area (Å²) in [5.74, 6) is -5.03. The first-order valence-electron chi connectivity index (χ1n) is 11.8. The lowest BCUT2D eigenvalue weighted by molar-refractivity contribution is -0.134. The molecule has 0 radical (unpaired) electrons. The van der Waals surface area contributed by atoms with Crippen LogP contribution in [-0.4, -0.2) is 87.3 Å². The molecule has 1 unspecified atom stereocenters. The number of carbonyl (C=O) groups is 4. The number of hydrogen-bond acceptors (Lipinski definition) is 7. The van der Waals surface area contributed by atoms with Crippen LogP contribution in [-0.2, 0) is 19.2 Å². The lowest BCUT2D eigenvalue weighted by Gasteiger charge is -2.37. The highest BCUT2D eigenvalue weighted by molar-refractivity contribution is 7.99. The van der Waals surface area contributed by atoms with Crippen molar-refractivity contribution in [2.24, 2.45) is 0 Å². The Morgan fingerprint density at radius 2 is 1.24 bits per heavy atom. The number of halogens is 3. The molecule has 10 nitrogen and oxygen atoms in total. The second-order valence-electron chi connectivity index (χ2n) is 8.39. The summed E-state index contributed by atoms with van der Waals surface area (Å²) in [7, 11) is 2.17. The molecule has 0 aliphatic carbocycles. The van der Waals surface area contributed by atoms with Gasteiger partial charge in [0.25, 0.3) is 0 Å². The minimum Gasteiger partial charge on any atom is -0.478 e. The van der Waals surface area contributed by atoms with Gasteiger partial charge in [-0.3, -0.25) is 4.90 Å². The number of carboxylic acid groups (broad SMARTS) is 4. The van der Waals surface area contributed by atoms with Crippen LogP contribution in [0.2, 0.25) is 15.1 Å². The summed E-state index contributed by atoms with van der Waals surface area (Å²) in [6.07, 6.45) is 2.23. The molecule has 0 spiro atoms. The number of aliphatic carboxylic acids is 4. The molecule has 1 aliphatic rings. The normalized spacial score (nSPS) is 14.5. The fourth-order valence-corrected chi connectivity index (χ4v) is 4.89. The van der Waals surface area contributed by atoms with Crippen LogP contribution in [0.3, 0.4) is 0 Å². The minimum absolute atomic E-state index is 0.317. The van der Waals surface area contributed by atoms with Crippen molar-refractivity contribution in [2.45, 2.75) is 22.8 Å². The summed E-state index contributed by atoms with van der Waals surface area (Å²) >= 11 is 20.2. The Morgan fingerprint density at radius 3 is 1.68 bits per heavy atom.